The molecule has 0 saturated carbocycles. The lowest BCUT2D eigenvalue weighted by atomic mass is 10.00. The highest BCUT2D eigenvalue weighted by molar-refractivity contribution is 6.23. The molecule has 0 bridgehead atoms. The standard InChI is InChI=1S/C40H25N3/c1-3-10-27(11-4-1)35-25-36(42-40(41-35)29-12-5-2-6-13-29)28-20-18-26(19-21-28)30-22-23-32-34-16-9-15-33-31-14-7-8-17-37(31)43(39(33)34)38(32)24-30/h1-25H. The quantitative estimate of drug-likeness (QED) is 0.219. The van der Waals surface area contributed by atoms with Gasteiger partial charge < -0.3 is 4.40 Å². The second kappa shape index (κ2) is 9.37. The van der Waals surface area contributed by atoms with Gasteiger partial charge in [-0.2, -0.15) is 0 Å². The molecule has 3 heterocycles. The van der Waals surface area contributed by atoms with Crippen molar-refractivity contribution in [1.82, 2.24) is 14.4 Å². The molecule has 0 spiro atoms. The molecule has 0 saturated heterocycles. The van der Waals surface area contributed by atoms with Crippen molar-refractivity contribution >= 4 is 38.1 Å². The van der Waals surface area contributed by atoms with Crippen molar-refractivity contribution < 1.29 is 0 Å². The van der Waals surface area contributed by atoms with Gasteiger partial charge in [0.15, 0.2) is 5.82 Å². The van der Waals surface area contributed by atoms with E-state index in [0.717, 1.165) is 33.9 Å². The third kappa shape index (κ3) is 3.75. The van der Waals surface area contributed by atoms with Gasteiger partial charge in [-0.15, -0.1) is 0 Å². The molecule has 0 radical (unpaired) electrons. The summed E-state index contributed by atoms with van der Waals surface area (Å²) < 4.78 is 2.43. The molecule has 9 rings (SSSR count). The third-order valence-electron chi connectivity index (χ3n) is 8.57. The molecule has 43 heavy (non-hydrogen) atoms. The summed E-state index contributed by atoms with van der Waals surface area (Å²) in [6.45, 7) is 0. The van der Waals surface area contributed by atoms with Crippen LogP contribution in [0.25, 0.3) is 83.1 Å². The van der Waals surface area contributed by atoms with Crippen LogP contribution in [0.5, 0.6) is 0 Å². The van der Waals surface area contributed by atoms with Crippen LogP contribution in [0.3, 0.4) is 0 Å². The fourth-order valence-electron chi connectivity index (χ4n) is 6.51. The van der Waals surface area contributed by atoms with Gasteiger partial charge in [0.25, 0.3) is 0 Å². The predicted octanol–water partition coefficient (Wildman–Crippen LogP) is 10.3. The van der Waals surface area contributed by atoms with E-state index in [1.165, 1.54) is 49.2 Å². The van der Waals surface area contributed by atoms with Crippen LogP contribution in [0, 0.1) is 0 Å². The first kappa shape index (κ1) is 23.9. The van der Waals surface area contributed by atoms with Gasteiger partial charge in [0, 0.05) is 38.2 Å². The van der Waals surface area contributed by atoms with Gasteiger partial charge in [-0.3, -0.25) is 0 Å². The van der Waals surface area contributed by atoms with Gasteiger partial charge in [-0.1, -0.05) is 133 Å². The van der Waals surface area contributed by atoms with E-state index in [1.807, 2.05) is 36.4 Å². The monoisotopic (exact) mass is 547 g/mol. The minimum absolute atomic E-state index is 0.726. The summed E-state index contributed by atoms with van der Waals surface area (Å²) in [6.07, 6.45) is 0. The van der Waals surface area contributed by atoms with Gasteiger partial charge in [-0.25, -0.2) is 9.97 Å². The Hall–Kier alpha value is -5.80. The topological polar surface area (TPSA) is 30.2 Å². The molecular weight excluding hydrogens is 522 g/mol. The van der Waals surface area contributed by atoms with Gasteiger partial charge in [0.1, 0.15) is 0 Å². The molecule has 0 aliphatic heterocycles. The lowest BCUT2D eigenvalue weighted by molar-refractivity contribution is 1.18. The number of hydrogen-bond acceptors (Lipinski definition) is 2. The zero-order chi connectivity index (χ0) is 28.3. The number of benzene rings is 6. The Morgan fingerprint density at radius 2 is 0.884 bits per heavy atom. The number of hydrogen-bond donors (Lipinski definition) is 0. The van der Waals surface area contributed by atoms with Crippen molar-refractivity contribution in [3.8, 4) is 45.0 Å². The lowest BCUT2D eigenvalue weighted by Gasteiger charge is -2.10. The third-order valence-corrected chi connectivity index (χ3v) is 8.57. The Morgan fingerprint density at radius 1 is 0.349 bits per heavy atom. The van der Waals surface area contributed by atoms with Gasteiger partial charge in [-0.05, 0) is 29.3 Å². The van der Waals surface area contributed by atoms with Gasteiger partial charge >= 0.3 is 0 Å². The fraction of sp³-hybridized carbons (Fsp3) is 0. The summed E-state index contributed by atoms with van der Waals surface area (Å²) >= 11 is 0. The van der Waals surface area contributed by atoms with Crippen LogP contribution >= 0.6 is 0 Å². The molecule has 3 heteroatoms. The smallest absolute Gasteiger partial charge is 0.160 e. The molecule has 9 aromatic rings. The van der Waals surface area contributed by atoms with E-state index in [9.17, 15) is 0 Å². The van der Waals surface area contributed by atoms with Crippen LogP contribution in [0.1, 0.15) is 0 Å². The highest BCUT2D eigenvalue weighted by Gasteiger charge is 2.17. The molecule has 200 valence electrons. The Kier molecular flexibility index (Phi) is 5.20. The molecular formula is C40H25N3. The van der Waals surface area contributed by atoms with Crippen LogP contribution in [-0.2, 0) is 0 Å². The number of para-hydroxylation sites is 2. The van der Waals surface area contributed by atoms with E-state index in [-0.39, 0.29) is 0 Å². The van der Waals surface area contributed by atoms with Crippen molar-refractivity contribution in [1.29, 1.82) is 0 Å². The Bertz CT molecular complexity index is 2360. The average molecular weight is 548 g/mol. The first-order chi connectivity index (χ1) is 21.3. The first-order valence-corrected chi connectivity index (χ1v) is 14.6. The highest BCUT2D eigenvalue weighted by atomic mass is 14.9. The van der Waals surface area contributed by atoms with Crippen molar-refractivity contribution in [2.45, 2.75) is 0 Å². The SMILES string of the molecule is c1ccc(-c2cc(-c3ccc(-c4ccc5c6cccc7c8ccccc8n(c5c4)c76)cc3)nc(-c3ccccc3)n2)cc1. The maximum Gasteiger partial charge on any atom is 0.160 e. The van der Waals surface area contributed by atoms with Crippen LogP contribution in [-0.4, -0.2) is 14.4 Å². The second-order valence-corrected chi connectivity index (χ2v) is 11.1. The highest BCUT2D eigenvalue weighted by Crippen LogP contribution is 2.40. The number of rotatable bonds is 4. The van der Waals surface area contributed by atoms with E-state index in [0.29, 0.717) is 0 Å². The minimum Gasteiger partial charge on any atom is -0.308 e. The lowest BCUT2D eigenvalue weighted by Crippen LogP contribution is -1.95. The molecule has 3 nitrogen and oxygen atoms in total. The Labute approximate surface area is 248 Å². The fourth-order valence-corrected chi connectivity index (χ4v) is 6.51. The summed E-state index contributed by atoms with van der Waals surface area (Å²) in [5.41, 5.74) is 11.1. The minimum atomic E-state index is 0.726. The normalized spacial score (nSPS) is 11.7. The molecule has 0 N–H and O–H groups in total. The molecule has 0 unspecified atom stereocenters. The number of aromatic nitrogens is 3. The van der Waals surface area contributed by atoms with Gasteiger partial charge in [0.05, 0.1) is 27.9 Å². The Balaban J connectivity index is 1.16. The van der Waals surface area contributed by atoms with E-state index < -0.39 is 0 Å². The van der Waals surface area contributed by atoms with Crippen LogP contribution < -0.4 is 0 Å². The van der Waals surface area contributed by atoms with Crippen molar-refractivity contribution in [2.24, 2.45) is 0 Å². The molecule has 0 atom stereocenters. The molecule has 6 aromatic carbocycles. The predicted molar refractivity (Wildman–Crippen MR) is 178 cm³/mol. The van der Waals surface area contributed by atoms with E-state index in [2.05, 4.69) is 120 Å². The second-order valence-electron chi connectivity index (χ2n) is 11.1. The first-order valence-electron chi connectivity index (χ1n) is 14.6. The maximum absolute atomic E-state index is 5.00. The zero-order valence-corrected chi connectivity index (χ0v) is 23.3. The molecule has 0 aliphatic rings. The molecule has 0 amide bonds. The summed E-state index contributed by atoms with van der Waals surface area (Å²) in [5.74, 6) is 0.726. The van der Waals surface area contributed by atoms with Crippen LogP contribution in [0.4, 0.5) is 0 Å². The van der Waals surface area contributed by atoms with Crippen molar-refractivity contribution in [3.05, 3.63) is 152 Å². The zero-order valence-electron chi connectivity index (χ0n) is 23.3. The Morgan fingerprint density at radius 3 is 1.60 bits per heavy atom. The van der Waals surface area contributed by atoms with Crippen LogP contribution in [0.15, 0.2) is 152 Å². The van der Waals surface area contributed by atoms with E-state index >= 15 is 0 Å². The summed E-state index contributed by atoms with van der Waals surface area (Å²) in [5, 5.41) is 5.20. The van der Waals surface area contributed by atoms with Gasteiger partial charge in [0.2, 0.25) is 0 Å². The van der Waals surface area contributed by atoms with Crippen molar-refractivity contribution in [3.63, 3.8) is 0 Å². The number of nitrogens with zero attached hydrogens (tertiary/aromatic N) is 3. The summed E-state index contributed by atoms with van der Waals surface area (Å²) in [7, 11) is 0. The number of fused-ring (bicyclic) bond motifs is 6. The molecule has 3 aromatic heterocycles. The summed E-state index contributed by atoms with van der Waals surface area (Å²) in [6, 6.07) is 53.6. The molecule has 0 aliphatic carbocycles. The maximum atomic E-state index is 5.00. The average Bonchev–Trinajstić information content (AvgIpc) is 3.61. The molecule has 0 fully saturated rings. The van der Waals surface area contributed by atoms with E-state index in [1.54, 1.807) is 0 Å². The van der Waals surface area contributed by atoms with Crippen molar-refractivity contribution in [2.75, 3.05) is 0 Å². The van der Waals surface area contributed by atoms with E-state index in [4.69, 9.17) is 9.97 Å². The van der Waals surface area contributed by atoms with Crippen LogP contribution in [0.2, 0.25) is 0 Å². The summed E-state index contributed by atoms with van der Waals surface area (Å²) in [4.78, 5) is 9.94. The largest absolute Gasteiger partial charge is 0.308 e.